The Kier molecular flexibility index (Phi) is 7.82. The molecule has 1 rings (SSSR count). The molecule has 0 spiro atoms. The molecule has 0 bridgehead atoms. The lowest BCUT2D eigenvalue weighted by atomic mass is 10.0. The summed E-state index contributed by atoms with van der Waals surface area (Å²) in [6.07, 6.45) is 11.7. The van der Waals surface area contributed by atoms with Crippen LogP contribution in [0.25, 0.3) is 0 Å². The molecule has 0 fully saturated rings. The largest absolute Gasteiger partial charge is 0.112 e. The molecule has 94 valence electrons. The van der Waals surface area contributed by atoms with E-state index in [4.69, 9.17) is 0 Å². The van der Waals surface area contributed by atoms with E-state index in [2.05, 4.69) is 63.7 Å². The van der Waals surface area contributed by atoms with Crippen molar-refractivity contribution in [2.45, 2.75) is 61.0 Å². The number of rotatable bonds is 0. The van der Waals surface area contributed by atoms with Crippen LogP contribution in [-0.4, -0.2) is 3.23 Å². The summed E-state index contributed by atoms with van der Waals surface area (Å²) in [4.78, 5) is 0. The average molecular weight is 482 g/mol. The van der Waals surface area contributed by atoms with Gasteiger partial charge in [-0.2, -0.15) is 0 Å². The highest BCUT2D eigenvalue weighted by molar-refractivity contribution is 9.26. The molecule has 16 heavy (non-hydrogen) atoms. The van der Waals surface area contributed by atoms with Crippen LogP contribution in [0, 0.1) is 0 Å². The Hall–Kier alpha value is 1.66. The fourth-order valence-corrected chi connectivity index (χ4v) is 4.52. The van der Waals surface area contributed by atoms with Crippen LogP contribution >= 0.6 is 63.7 Å². The van der Waals surface area contributed by atoms with E-state index in [1.165, 1.54) is 53.9 Å². The summed E-state index contributed by atoms with van der Waals surface area (Å²) >= 11 is 14.9. The standard InChI is InChI=1S/C12H18Br4/c13-10-8-6-4-2-1-3-5-7-9-12(15,16)11(10)14/h1-9H2. The van der Waals surface area contributed by atoms with E-state index in [1.807, 2.05) is 0 Å². The van der Waals surface area contributed by atoms with Crippen molar-refractivity contribution in [1.29, 1.82) is 0 Å². The van der Waals surface area contributed by atoms with E-state index >= 15 is 0 Å². The van der Waals surface area contributed by atoms with Crippen molar-refractivity contribution in [3.8, 4) is 0 Å². The topological polar surface area (TPSA) is 0 Å². The zero-order valence-corrected chi connectivity index (χ0v) is 15.7. The zero-order chi connectivity index (χ0) is 12.0. The van der Waals surface area contributed by atoms with Gasteiger partial charge < -0.3 is 0 Å². The lowest BCUT2D eigenvalue weighted by Gasteiger charge is -2.22. The normalized spacial score (nSPS) is 24.8. The van der Waals surface area contributed by atoms with Gasteiger partial charge in [0.25, 0.3) is 0 Å². The van der Waals surface area contributed by atoms with Crippen molar-refractivity contribution in [1.82, 2.24) is 0 Å². The fraction of sp³-hybridized carbons (Fsp3) is 0.833. The van der Waals surface area contributed by atoms with Crippen molar-refractivity contribution >= 4 is 63.7 Å². The summed E-state index contributed by atoms with van der Waals surface area (Å²) in [7, 11) is 0. The van der Waals surface area contributed by atoms with E-state index in [-0.39, 0.29) is 3.23 Å². The van der Waals surface area contributed by atoms with Gasteiger partial charge in [-0.15, -0.1) is 0 Å². The van der Waals surface area contributed by atoms with Crippen molar-refractivity contribution in [2.24, 2.45) is 0 Å². The van der Waals surface area contributed by atoms with Crippen LogP contribution in [0.5, 0.6) is 0 Å². The second-order valence-electron chi connectivity index (χ2n) is 4.40. The molecule has 0 aliphatic heterocycles. The van der Waals surface area contributed by atoms with Crippen LogP contribution < -0.4 is 0 Å². The van der Waals surface area contributed by atoms with Crippen molar-refractivity contribution in [2.75, 3.05) is 0 Å². The van der Waals surface area contributed by atoms with E-state index in [1.54, 1.807) is 0 Å². The number of halogens is 4. The maximum atomic E-state index is 3.77. The summed E-state index contributed by atoms with van der Waals surface area (Å²) in [6, 6.07) is 0. The highest BCUT2D eigenvalue weighted by Crippen LogP contribution is 2.46. The highest BCUT2D eigenvalue weighted by atomic mass is 79.9. The van der Waals surface area contributed by atoms with Gasteiger partial charge in [0.1, 0.15) is 3.23 Å². The van der Waals surface area contributed by atoms with E-state index in [0.717, 1.165) is 12.8 Å². The summed E-state index contributed by atoms with van der Waals surface area (Å²) in [5, 5.41) is 0. The summed E-state index contributed by atoms with van der Waals surface area (Å²) in [5.74, 6) is 0. The first-order valence-electron chi connectivity index (χ1n) is 5.96. The first-order chi connectivity index (χ1) is 7.54. The Morgan fingerprint density at radius 3 is 1.88 bits per heavy atom. The zero-order valence-electron chi connectivity index (χ0n) is 9.38. The monoisotopic (exact) mass is 478 g/mol. The van der Waals surface area contributed by atoms with Crippen LogP contribution in [0.3, 0.4) is 0 Å². The molecular formula is C12H18Br4. The number of hydrogen-bond acceptors (Lipinski definition) is 0. The Labute approximate surface area is 133 Å². The molecule has 0 radical (unpaired) electrons. The van der Waals surface area contributed by atoms with Crippen LogP contribution in [0.4, 0.5) is 0 Å². The van der Waals surface area contributed by atoms with Crippen LogP contribution in [-0.2, 0) is 0 Å². The second-order valence-corrected chi connectivity index (χ2v) is 9.92. The third-order valence-electron chi connectivity index (χ3n) is 2.95. The Balaban J connectivity index is 2.68. The van der Waals surface area contributed by atoms with Gasteiger partial charge in [0, 0.05) is 8.96 Å². The molecule has 0 unspecified atom stereocenters. The molecule has 4 heteroatoms. The van der Waals surface area contributed by atoms with Gasteiger partial charge in [-0.1, -0.05) is 102 Å². The first kappa shape index (κ1) is 15.7. The van der Waals surface area contributed by atoms with Gasteiger partial charge in [0.05, 0.1) is 0 Å². The predicted octanol–water partition coefficient (Wildman–Crippen LogP) is 7.00. The summed E-state index contributed by atoms with van der Waals surface area (Å²) < 4.78 is 2.44. The Morgan fingerprint density at radius 2 is 1.25 bits per heavy atom. The molecule has 0 aromatic heterocycles. The minimum Gasteiger partial charge on any atom is -0.0668 e. The lowest BCUT2D eigenvalue weighted by molar-refractivity contribution is 0.565. The smallest absolute Gasteiger partial charge is 0.0668 e. The van der Waals surface area contributed by atoms with Gasteiger partial charge in [-0.05, 0) is 19.3 Å². The molecule has 0 saturated carbocycles. The Morgan fingerprint density at radius 1 is 0.750 bits per heavy atom. The first-order valence-corrected chi connectivity index (χ1v) is 9.14. The third-order valence-corrected chi connectivity index (χ3v) is 8.08. The molecule has 0 atom stereocenters. The average Bonchev–Trinajstić information content (AvgIpc) is 2.24. The van der Waals surface area contributed by atoms with E-state index in [9.17, 15) is 0 Å². The van der Waals surface area contributed by atoms with Gasteiger partial charge in [-0.3, -0.25) is 0 Å². The maximum Gasteiger partial charge on any atom is 0.112 e. The molecule has 0 nitrogen and oxygen atoms in total. The third kappa shape index (κ3) is 5.53. The minimum absolute atomic E-state index is 0.0714. The molecule has 0 heterocycles. The minimum atomic E-state index is -0.0714. The molecule has 0 N–H and O–H groups in total. The Bertz CT molecular complexity index is 245. The molecule has 1 aliphatic carbocycles. The summed E-state index contributed by atoms with van der Waals surface area (Å²) in [6.45, 7) is 0. The second kappa shape index (κ2) is 7.96. The van der Waals surface area contributed by atoms with Gasteiger partial charge in [-0.25, -0.2) is 0 Å². The molecule has 0 amide bonds. The number of allylic oxidation sites excluding steroid dienone is 2. The molecule has 0 aromatic rings. The highest BCUT2D eigenvalue weighted by Gasteiger charge is 2.27. The van der Waals surface area contributed by atoms with Gasteiger partial charge in [0.15, 0.2) is 0 Å². The van der Waals surface area contributed by atoms with E-state index < -0.39 is 0 Å². The fourth-order valence-electron chi connectivity index (χ4n) is 1.93. The van der Waals surface area contributed by atoms with Crippen LogP contribution in [0.15, 0.2) is 8.96 Å². The van der Waals surface area contributed by atoms with Gasteiger partial charge >= 0.3 is 0 Å². The van der Waals surface area contributed by atoms with Gasteiger partial charge in [0.2, 0.25) is 0 Å². The van der Waals surface area contributed by atoms with Crippen molar-refractivity contribution in [3.63, 3.8) is 0 Å². The van der Waals surface area contributed by atoms with Crippen molar-refractivity contribution < 1.29 is 0 Å². The van der Waals surface area contributed by atoms with Crippen LogP contribution in [0.1, 0.15) is 57.8 Å². The molecular weight excluding hydrogens is 464 g/mol. The summed E-state index contributed by atoms with van der Waals surface area (Å²) in [5.41, 5.74) is 0. The molecule has 0 aromatic carbocycles. The number of alkyl halides is 2. The quantitative estimate of drug-likeness (QED) is 0.327. The maximum absolute atomic E-state index is 3.77. The van der Waals surface area contributed by atoms with Crippen LogP contribution in [0.2, 0.25) is 0 Å². The predicted molar refractivity (Wildman–Crippen MR) is 87.0 cm³/mol. The lowest BCUT2D eigenvalue weighted by Crippen LogP contribution is -2.12. The SMILES string of the molecule is BrC1=C(Br)C(Br)(Br)CCCCCCCCC1. The molecule has 1 aliphatic rings. The number of hydrogen-bond donors (Lipinski definition) is 0. The molecule has 0 saturated heterocycles. The van der Waals surface area contributed by atoms with Crippen molar-refractivity contribution in [3.05, 3.63) is 8.96 Å². The van der Waals surface area contributed by atoms with E-state index in [0.29, 0.717) is 0 Å².